The third-order valence-corrected chi connectivity index (χ3v) is 4.25. The molecule has 0 aliphatic heterocycles. The van der Waals surface area contributed by atoms with Gasteiger partial charge in [0, 0.05) is 5.54 Å². The second-order valence-electron chi connectivity index (χ2n) is 4.99. The first-order valence-electron chi connectivity index (χ1n) is 5.76. The summed E-state index contributed by atoms with van der Waals surface area (Å²) in [5.74, 6) is 0.380. The third kappa shape index (κ3) is 10.2. The molecule has 0 aliphatic rings. The van der Waals surface area contributed by atoms with Gasteiger partial charge < -0.3 is 5.73 Å². The molecule has 0 unspecified atom stereocenters. The fourth-order valence-corrected chi connectivity index (χ4v) is 3.49. The molecular weight excluding hydrogens is 210 g/mol. The molecule has 0 saturated heterocycles. The van der Waals surface area contributed by atoms with Crippen LogP contribution in [0.1, 0.15) is 52.9 Å². The molecule has 0 aromatic heterocycles. The molecule has 0 bridgehead atoms. The lowest BCUT2D eigenvalue weighted by Gasteiger charge is -2.18. The van der Waals surface area contributed by atoms with Crippen molar-refractivity contribution in [1.29, 1.82) is 0 Å². The Bertz CT molecular complexity index is 252. The van der Waals surface area contributed by atoms with Gasteiger partial charge in [0.25, 0.3) is 0 Å². The highest BCUT2D eigenvalue weighted by Crippen LogP contribution is 2.08. The summed E-state index contributed by atoms with van der Waals surface area (Å²) in [6.07, 6.45) is 5.31. The zero-order valence-electron chi connectivity index (χ0n) is 10.3. The zero-order valence-corrected chi connectivity index (χ0v) is 11.1. The zero-order chi connectivity index (χ0) is 11.9. The number of hydrogen-bond acceptors (Lipinski definition) is 3. The fraction of sp³-hybridized carbons (Fsp3) is 1.00. The minimum Gasteiger partial charge on any atom is -0.325 e. The van der Waals surface area contributed by atoms with E-state index in [4.69, 9.17) is 5.73 Å². The molecule has 0 aliphatic carbocycles. The van der Waals surface area contributed by atoms with E-state index in [-0.39, 0.29) is 11.5 Å². The van der Waals surface area contributed by atoms with E-state index in [0.29, 0.717) is 0 Å². The van der Waals surface area contributed by atoms with Crippen LogP contribution in [0.4, 0.5) is 0 Å². The monoisotopic (exact) mass is 235 g/mol. The van der Waals surface area contributed by atoms with Gasteiger partial charge in [-0.05, 0) is 20.3 Å². The molecule has 0 aromatic carbocycles. The SMILES string of the molecule is CCCCCCCS(=O)(=O)CC(C)(C)N. The van der Waals surface area contributed by atoms with Crippen molar-refractivity contribution in [2.24, 2.45) is 5.73 Å². The van der Waals surface area contributed by atoms with Crippen molar-refractivity contribution in [3.63, 3.8) is 0 Å². The van der Waals surface area contributed by atoms with Crippen LogP contribution in [0.3, 0.4) is 0 Å². The quantitative estimate of drug-likeness (QED) is 0.655. The van der Waals surface area contributed by atoms with Crippen LogP contribution >= 0.6 is 0 Å². The lowest BCUT2D eigenvalue weighted by molar-refractivity contribution is 0.540. The van der Waals surface area contributed by atoms with Crippen LogP contribution in [0.25, 0.3) is 0 Å². The highest BCUT2D eigenvalue weighted by Gasteiger charge is 2.21. The lowest BCUT2D eigenvalue weighted by atomic mass is 10.1. The smallest absolute Gasteiger partial charge is 0.152 e. The second kappa shape index (κ2) is 6.48. The Hall–Kier alpha value is -0.0900. The van der Waals surface area contributed by atoms with Gasteiger partial charge in [0.2, 0.25) is 0 Å². The molecule has 0 amide bonds. The van der Waals surface area contributed by atoms with Crippen molar-refractivity contribution in [3.05, 3.63) is 0 Å². The molecule has 0 rings (SSSR count). The summed E-state index contributed by atoms with van der Waals surface area (Å²) in [5.41, 5.74) is 5.09. The summed E-state index contributed by atoms with van der Waals surface area (Å²) in [6.45, 7) is 5.65. The second-order valence-corrected chi connectivity index (χ2v) is 7.18. The molecule has 4 heteroatoms. The van der Waals surface area contributed by atoms with Crippen LogP contribution in [0.2, 0.25) is 0 Å². The minimum absolute atomic E-state index is 0.0910. The maximum absolute atomic E-state index is 11.6. The first-order chi connectivity index (χ1) is 6.77. The van der Waals surface area contributed by atoms with E-state index in [2.05, 4.69) is 6.92 Å². The van der Waals surface area contributed by atoms with Gasteiger partial charge in [-0.25, -0.2) is 8.42 Å². The third-order valence-electron chi connectivity index (χ3n) is 2.15. The molecular formula is C11H25NO2S. The number of unbranched alkanes of at least 4 members (excludes halogenated alkanes) is 4. The van der Waals surface area contributed by atoms with E-state index in [0.717, 1.165) is 19.3 Å². The van der Waals surface area contributed by atoms with Crippen LogP contribution in [-0.2, 0) is 9.84 Å². The summed E-state index contributed by atoms with van der Waals surface area (Å²) < 4.78 is 23.2. The Labute approximate surface area is 94.4 Å². The normalized spacial score (nSPS) is 13.1. The molecule has 2 N–H and O–H groups in total. The summed E-state index contributed by atoms with van der Waals surface area (Å²) in [6, 6.07) is 0. The van der Waals surface area contributed by atoms with Gasteiger partial charge in [-0.15, -0.1) is 0 Å². The first-order valence-corrected chi connectivity index (χ1v) is 7.58. The molecule has 0 fully saturated rings. The molecule has 0 saturated carbocycles. The van der Waals surface area contributed by atoms with Gasteiger partial charge in [0.1, 0.15) is 0 Å². The molecule has 0 aromatic rings. The van der Waals surface area contributed by atoms with Crippen LogP contribution in [0, 0.1) is 0 Å². The van der Waals surface area contributed by atoms with E-state index in [1.54, 1.807) is 13.8 Å². The highest BCUT2D eigenvalue weighted by atomic mass is 32.2. The maximum Gasteiger partial charge on any atom is 0.152 e. The van der Waals surface area contributed by atoms with Crippen LogP contribution in [-0.4, -0.2) is 25.5 Å². The number of hydrogen-bond donors (Lipinski definition) is 1. The Kier molecular flexibility index (Phi) is 6.44. The maximum atomic E-state index is 11.6. The largest absolute Gasteiger partial charge is 0.325 e. The first kappa shape index (κ1) is 14.9. The minimum atomic E-state index is -2.95. The van der Waals surface area contributed by atoms with Gasteiger partial charge >= 0.3 is 0 Å². The van der Waals surface area contributed by atoms with Crippen molar-refractivity contribution in [1.82, 2.24) is 0 Å². The molecule has 0 radical (unpaired) electrons. The van der Waals surface area contributed by atoms with Crippen LogP contribution in [0.15, 0.2) is 0 Å². The van der Waals surface area contributed by atoms with Crippen molar-refractivity contribution >= 4 is 9.84 Å². The Morgan fingerprint density at radius 3 is 2.07 bits per heavy atom. The molecule has 92 valence electrons. The van der Waals surface area contributed by atoms with Gasteiger partial charge in [-0.2, -0.15) is 0 Å². The van der Waals surface area contributed by atoms with Crippen LogP contribution in [0.5, 0.6) is 0 Å². The predicted octanol–water partition coefficient (Wildman–Crippen LogP) is 2.11. The fourth-order valence-electron chi connectivity index (χ4n) is 1.56. The van der Waals surface area contributed by atoms with Crippen molar-refractivity contribution in [3.8, 4) is 0 Å². The van der Waals surface area contributed by atoms with Gasteiger partial charge in [-0.1, -0.05) is 32.6 Å². The Balaban J connectivity index is 3.76. The molecule has 15 heavy (non-hydrogen) atoms. The van der Waals surface area contributed by atoms with Crippen molar-refractivity contribution < 1.29 is 8.42 Å². The number of sulfone groups is 1. The summed E-state index contributed by atoms with van der Waals surface area (Å²) in [7, 11) is -2.95. The van der Waals surface area contributed by atoms with E-state index >= 15 is 0 Å². The Morgan fingerprint density at radius 2 is 1.60 bits per heavy atom. The van der Waals surface area contributed by atoms with Gasteiger partial charge in [-0.3, -0.25) is 0 Å². The molecule has 0 heterocycles. The number of nitrogens with two attached hydrogens (primary N) is 1. The average Bonchev–Trinajstić information content (AvgIpc) is 1.99. The number of rotatable bonds is 8. The van der Waals surface area contributed by atoms with E-state index < -0.39 is 15.4 Å². The summed E-state index contributed by atoms with van der Waals surface area (Å²) >= 11 is 0. The van der Waals surface area contributed by atoms with E-state index in [9.17, 15) is 8.42 Å². The predicted molar refractivity (Wildman–Crippen MR) is 65.7 cm³/mol. The van der Waals surface area contributed by atoms with Gasteiger partial charge in [0.15, 0.2) is 9.84 Å². The Morgan fingerprint density at radius 1 is 1.07 bits per heavy atom. The standard InChI is InChI=1S/C11H25NO2S/c1-4-5-6-7-8-9-15(13,14)10-11(2,3)12/h4-10,12H2,1-3H3. The molecule has 3 nitrogen and oxygen atoms in total. The molecule has 0 atom stereocenters. The van der Waals surface area contributed by atoms with Crippen LogP contribution < -0.4 is 5.73 Å². The topological polar surface area (TPSA) is 60.2 Å². The van der Waals surface area contributed by atoms with Crippen molar-refractivity contribution in [2.75, 3.05) is 11.5 Å². The molecule has 0 spiro atoms. The van der Waals surface area contributed by atoms with Gasteiger partial charge in [0.05, 0.1) is 11.5 Å². The summed E-state index contributed by atoms with van der Waals surface area (Å²) in [5, 5.41) is 0. The van der Waals surface area contributed by atoms with E-state index in [1.807, 2.05) is 0 Å². The van der Waals surface area contributed by atoms with E-state index in [1.165, 1.54) is 12.8 Å². The van der Waals surface area contributed by atoms with Crippen molar-refractivity contribution in [2.45, 2.75) is 58.4 Å². The highest BCUT2D eigenvalue weighted by molar-refractivity contribution is 7.91. The lowest BCUT2D eigenvalue weighted by Crippen LogP contribution is -2.40. The average molecular weight is 235 g/mol. The summed E-state index contributed by atoms with van der Waals surface area (Å²) in [4.78, 5) is 0.